The van der Waals surface area contributed by atoms with Crippen LogP contribution in [0.5, 0.6) is 0 Å². The zero-order valence-corrected chi connectivity index (χ0v) is 14.2. The van der Waals surface area contributed by atoms with Crippen LogP contribution in [0.4, 0.5) is 0 Å². The van der Waals surface area contributed by atoms with Crippen LogP contribution in [0.3, 0.4) is 0 Å². The summed E-state index contributed by atoms with van der Waals surface area (Å²) in [6.45, 7) is 3.02. The molecule has 0 aliphatic heterocycles. The normalized spacial score (nSPS) is 19.3. The molecule has 1 aliphatic rings. The van der Waals surface area contributed by atoms with Crippen molar-refractivity contribution in [3.63, 3.8) is 0 Å². The second-order valence-corrected chi connectivity index (χ2v) is 7.65. The van der Waals surface area contributed by atoms with Crippen LogP contribution in [-0.2, 0) is 6.42 Å². The Balaban J connectivity index is 2.01. The van der Waals surface area contributed by atoms with Crippen molar-refractivity contribution in [3.8, 4) is 0 Å². The molecule has 2 aromatic heterocycles. The minimum atomic E-state index is 0.181. The molecule has 0 bridgehead atoms. The van der Waals surface area contributed by atoms with E-state index in [1.165, 1.54) is 29.0 Å². The van der Waals surface area contributed by atoms with Gasteiger partial charge >= 0.3 is 0 Å². The monoisotopic (exact) mass is 340 g/mol. The van der Waals surface area contributed by atoms with Crippen molar-refractivity contribution in [2.24, 2.45) is 0 Å². The lowest BCUT2D eigenvalue weighted by molar-refractivity contribution is 0.401. The molecule has 0 fully saturated rings. The van der Waals surface area contributed by atoms with Gasteiger partial charge in [0.1, 0.15) is 0 Å². The number of rotatable bonds is 4. The van der Waals surface area contributed by atoms with Gasteiger partial charge in [0.15, 0.2) is 0 Å². The lowest BCUT2D eigenvalue weighted by Gasteiger charge is -2.32. The van der Waals surface area contributed by atoms with Crippen LogP contribution < -0.4 is 5.32 Å². The van der Waals surface area contributed by atoms with E-state index >= 15 is 0 Å². The van der Waals surface area contributed by atoms with E-state index in [1.54, 1.807) is 0 Å². The van der Waals surface area contributed by atoms with Gasteiger partial charge in [-0.2, -0.15) is 0 Å². The van der Waals surface area contributed by atoms with E-state index in [0.29, 0.717) is 5.92 Å². The summed E-state index contributed by atoms with van der Waals surface area (Å²) in [5.41, 5.74) is 3.69. The van der Waals surface area contributed by atoms with E-state index in [2.05, 4.69) is 23.3 Å². The number of aromatic nitrogens is 1. The van der Waals surface area contributed by atoms with E-state index in [4.69, 9.17) is 23.2 Å². The van der Waals surface area contributed by atoms with Gasteiger partial charge in [-0.15, -0.1) is 11.3 Å². The average Bonchev–Trinajstić information content (AvgIpc) is 2.83. The van der Waals surface area contributed by atoms with E-state index in [1.807, 2.05) is 18.3 Å². The first-order valence-corrected chi connectivity index (χ1v) is 8.89. The van der Waals surface area contributed by atoms with Crippen LogP contribution >= 0.6 is 34.5 Å². The molecule has 1 N–H and O–H groups in total. The number of hydrogen-bond donors (Lipinski definition) is 1. The van der Waals surface area contributed by atoms with Crippen LogP contribution in [0.25, 0.3) is 0 Å². The van der Waals surface area contributed by atoms with Crippen molar-refractivity contribution >= 4 is 34.5 Å². The third kappa shape index (κ3) is 3.11. The fourth-order valence-electron chi connectivity index (χ4n) is 3.22. The van der Waals surface area contributed by atoms with Gasteiger partial charge in [0.25, 0.3) is 0 Å². The minimum absolute atomic E-state index is 0.181. The first-order valence-electron chi connectivity index (χ1n) is 7.32. The van der Waals surface area contributed by atoms with Crippen molar-refractivity contribution in [2.75, 3.05) is 6.54 Å². The molecule has 2 heterocycles. The van der Waals surface area contributed by atoms with Gasteiger partial charge in [-0.1, -0.05) is 36.2 Å². The number of nitrogens with zero attached hydrogens (tertiary/aromatic N) is 1. The molecular formula is C16H18Cl2N2S. The molecule has 2 unspecified atom stereocenters. The number of aryl methyl sites for hydroxylation is 1. The third-order valence-electron chi connectivity index (χ3n) is 4.08. The molecule has 0 aromatic carbocycles. The summed E-state index contributed by atoms with van der Waals surface area (Å²) in [7, 11) is 0. The Kier molecular flexibility index (Phi) is 4.85. The Morgan fingerprint density at radius 1 is 1.48 bits per heavy atom. The minimum Gasteiger partial charge on any atom is -0.310 e. The van der Waals surface area contributed by atoms with Gasteiger partial charge in [-0.05, 0) is 43.5 Å². The molecule has 0 spiro atoms. The van der Waals surface area contributed by atoms with Gasteiger partial charge in [0.2, 0.25) is 0 Å². The van der Waals surface area contributed by atoms with Gasteiger partial charge in [0, 0.05) is 29.4 Å². The lowest BCUT2D eigenvalue weighted by Crippen LogP contribution is -2.29. The molecule has 2 nitrogen and oxygen atoms in total. The molecule has 3 rings (SSSR count). The number of fused-ring (bicyclic) bond motifs is 1. The summed E-state index contributed by atoms with van der Waals surface area (Å²) in [5, 5.41) is 3.59. The van der Waals surface area contributed by atoms with Gasteiger partial charge in [0.05, 0.1) is 8.67 Å². The van der Waals surface area contributed by atoms with E-state index in [0.717, 1.165) is 33.6 Å². The third-order valence-corrected chi connectivity index (χ3v) is 5.60. The molecule has 2 aromatic rings. The molecule has 21 heavy (non-hydrogen) atoms. The maximum Gasteiger partial charge on any atom is 0.0992 e. The second-order valence-electron chi connectivity index (χ2n) is 5.36. The number of likely N-dealkylation sites (N-methyl/N-ethyl adjacent to an activating group) is 1. The highest BCUT2D eigenvalue weighted by Gasteiger charge is 2.31. The van der Waals surface area contributed by atoms with Crippen molar-refractivity contribution in [2.45, 2.75) is 38.1 Å². The predicted octanol–water partition coefficient (Wildman–Crippen LogP) is 5.22. The Hall–Kier alpha value is -0.610. The zero-order valence-electron chi connectivity index (χ0n) is 11.9. The standard InChI is InChI=1S/C16H18Cl2N2S/c1-2-19-15(12-9-13(17)21-16(12)18)11-7-3-5-10-6-4-8-20-14(10)11/h4,6,8-9,11,15,19H,2-3,5,7H2,1H3. The van der Waals surface area contributed by atoms with E-state index in [-0.39, 0.29) is 6.04 Å². The van der Waals surface area contributed by atoms with E-state index < -0.39 is 0 Å². The zero-order chi connectivity index (χ0) is 14.8. The molecule has 0 saturated carbocycles. The average molecular weight is 341 g/mol. The molecule has 112 valence electrons. The highest BCUT2D eigenvalue weighted by Crippen LogP contribution is 2.44. The molecule has 0 amide bonds. The smallest absolute Gasteiger partial charge is 0.0992 e. The molecule has 0 radical (unpaired) electrons. The molecule has 0 saturated heterocycles. The fourth-order valence-corrected chi connectivity index (χ4v) is 4.77. The summed E-state index contributed by atoms with van der Waals surface area (Å²) < 4.78 is 1.53. The first kappa shape index (κ1) is 15.3. The summed E-state index contributed by atoms with van der Waals surface area (Å²) in [6.07, 6.45) is 5.34. The molecule has 1 aliphatic carbocycles. The van der Waals surface area contributed by atoms with Crippen molar-refractivity contribution in [1.82, 2.24) is 10.3 Å². The van der Waals surface area contributed by atoms with Crippen molar-refractivity contribution in [3.05, 3.63) is 49.9 Å². The second kappa shape index (κ2) is 6.66. The summed E-state index contributed by atoms with van der Waals surface area (Å²) in [5.74, 6) is 0.359. The highest BCUT2D eigenvalue weighted by molar-refractivity contribution is 7.20. The Morgan fingerprint density at radius 2 is 2.33 bits per heavy atom. The predicted molar refractivity (Wildman–Crippen MR) is 90.7 cm³/mol. The summed E-state index contributed by atoms with van der Waals surface area (Å²) in [4.78, 5) is 4.65. The topological polar surface area (TPSA) is 24.9 Å². The fraction of sp³-hybridized carbons (Fsp3) is 0.438. The molecular weight excluding hydrogens is 323 g/mol. The lowest BCUT2D eigenvalue weighted by atomic mass is 9.80. The SMILES string of the molecule is CCNC(c1cc(Cl)sc1Cl)C1CCCc2cccnc21. The van der Waals surface area contributed by atoms with E-state index in [9.17, 15) is 0 Å². The van der Waals surface area contributed by atoms with Gasteiger partial charge in [-0.25, -0.2) is 0 Å². The highest BCUT2D eigenvalue weighted by atomic mass is 35.5. The van der Waals surface area contributed by atoms with Gasteiger partial charge in [-0.3, -0.25) is 4.98 Å². The largest absolute Gasteiger partial charge is 0.310 e. The van der Waals surface area contributed by atoms with Crippen molar-refractivity contribution < 1.29 is 0 Å². The van der Waals surface area contributed by atoms with Crippen LogP contribution in [0.1, 0.15) is 48.5 Å². The number of halogens is 2. The number of nitrogens with one attached hydrogen (secondary N) is 1. The maximum absolute atomic E-state index is 6.40. The Morgan fingerprint density at radius 3 is 3.05 bits per heavy atom. The van der Waals surface area contributed by atoms with Crippen LogP contribution in [0, 0.1) is 0 Å². The first-order chi connectivity index (χ1) is 10.2. The summed E-state index contributed by atoms with van der Waals surface area (Å²) >= 11 is 14.0. The number of hydrogen-bond acceptors (Lipinski definition) is 3. The quantitative estimate of drug-likeness (QED) is 0.825. The van der Waals surface area contributed by atoms with Gasteiger partial charge < -0.3 is 5.32 Å². The Bertz CT molecular complexity index is 626. The van der Waals surface area contributed by atoms with Crippen LogP contribution in [-0.4, -0.2) is 11.5 Å². The number of pyridine rings is 1. The maximum atomic E-state index is 6.40. The summed E-state index contributed by atoms with van der Waals surface area (Å²) in [6, 6.07) is 6.40. The molecule has 2 atom stereocenters. The number of thiophene rings is 1. The molecule has 5 heteroatoms. The van der Waals surface area contributed by atoms with Crippen molar-refractivity contribution in [1.29, 1.82) is 0 Å². The van der Waals surface area contributed by atoms with Crippen LogP contribution in [0.15, 0.2) is 24.4 Å². The van der Waals surface area contributed by atoms with Crippen LogP contribution in [0.2, 0.25) is 8.67 Å². The Labute approximate surface area is 139 Å².